The van der Waals surface area contributed by atoms with Crippen molar-refractivity contribution >= 4 is 20.3 Å². The van der Waals surface area contributed by atoms with Gasteiger partial charge in [-0.3, -0.25) is 14.4 Å². The Balaban J connectivity index is 1.78. The molecule has 0 spiro atoms. The van der Waals surface area contributed by atoms with E-state index in [0.29, 0.717) is 6.54 Å². The number of esters is 2. The molecule has 2 aliphatic rings. The molecule has 0 bridgehead atoms. The second-order valence-electron chi connectivity index (χ2n) is 9.40. The third kappa shape index (κ3) is 4.61. The highest BCUT2D eigenvalue weighted by Crippen LogP contribution is 2.41. The van der Waals surface area contributed by atoms with Crippen molar-refractivity contribution in [2.24, 2.45) is 5.92 Å². The number of rotatable bonds is 7. The average Bonchev–Trinajstić information content (AvgIpc) is 3.17. The molecule has 1 aromatic rings. The number of nitrogens with zero attached hydrogens (tertiary/aromatic N) is 1. The molecule has 0 aliphatic carbocycles. The summed E-state index contributed by atoms with van der Waals surface area (Å²) in [7, 11) is -2.02. The number of carbonyl (C=O) groups excluding carboxylic acids is 2. The molecule has 2 saturated heterocycles. The molecule has 166 valence electrons. The van der Waals surface area contributed by atoms with Gasteiger partial charge in [-0.05, 0) is 30.6 Å². The third-order valence-electron chi connectivity index (χ3n) is 6.29. The van der Waals surface area contributed by atoms with E-state index >= 15 is 0 Å². The number of hydrogen-bond donors (Lipinski definition) is 0. The molecule has 4 atom stereocenters. The van der Waals surface area contributed by atoms with Crippen molar-refractivity contribution in [2.75, 3.05) is 13.2 Å². The molecule has 0 radical (unpaired) electrons. The number of ether oxygens (including phenoxy) is 2. The summed E-state index contributed by atoms with van der Waals surface area (Å²) < 4.78 is 17.1. The fourth-order valence-electron chi connectivity index (χ4n) is 3.53. The van der Waals surface area contributed by atoms with Crippen molar-refractivity contribution < 1.29 is 28.3 Å². The molecular formula is C22H33NO6Si. The lowest BCUT2D eigenvalue weighted by atomic mass is 9.94. The Kier molecular flexibility index (Phi) is 6.71. The van der Waals surface area contributed by atoms with Gasteiger partial charge in [0.05, 0.1) is 19.8 Å². The van der Waals surface area contributed by atoms with Crippen LogP contribution >= 0.6 is 0 Å². The summed E-state index contributed by atoms with van der Waals surface area (Å²) in [5, 5.41) is 1.61. The Morgan fingerprint density at radius 1 is 1.20 bits per heavy atom. The van der Waals surface area contributed by atoms with E-state index in [1.165, 1.54) is 0 Å². The fourth-order valence-corrected chi connectivity index (χ4v) is 4.54. The summed E-state index contributed by atoms with van der Waals surface area (Å²) in [5.74, 6) is -1.62. The monoisotopic (exact) mass is 435 g/mol. The van der Waals surface area contributed by atoms with E-state index in [1.54, 1.807) is 12.0 Å². The first-order valence-electron chi connectivity index (χ1n) is 10.5. The van der Waals surface area contributed by atoms with Crippen LogP contribution in [-0.2, 0) is 34.9 Å². The predicted octanol–water partition coefficient (Wildman–Crippen LogP) is 3.30. The van der Waals surface area contributed by atoms with Crippen molar-refractivity contribution in [1.29, 1.82) is 0 Å². The Hall–Kier alpha value is -1.74. The number of hydroxylamine groups is 2. The molecule has 2 heterocycles. The summed E-state index contributed by atoms with van der Waals surface area (Å²) in [6.45, 7) is 13.4. The molecule has 2 fully saturated rings. The zero-order valence-electron chi connectivity index (χ0n) is 18.7. The summed E-state index contributed by atoms with van der Waals surface area (Å²) in [4.78, 5) is 31.6. The van der Waals surface area contributed by atoms with Crippen molar-refractivity contribution in [3.8, 4) is 0 Å². The molecule has 3 rings (SSSR count). The van der Waals surface area contributed by atoms with Crippen LogP contribution in [-0.4, -0.2) is 56.8 Å². The zero-order chi connectivity index (χ0) is 22.1. The molecule has 0 saturated carbocycles. The van der Waals surface area contributed by atoms with Gasteiger partial charge in [-0.1, -0.05) is 51.1 Å². The molecule has 30 heavy (non-hydrogen) atoms. The number of hydrogen-bond acceptors (Lipinski definition) is 7. The van der Waals surface area contributed by atoms with Crippen LogP contribution in [0.5, 0.6) is 0 Å². The van der Waals surface area contributed by atoms with E-state index in [-0.39, 0.29) is 18.3 Å². The van der Waals surface area contributed by atoms with Gasteiger partial charge in [0.15, 0.2) is 14.4 Å². The van der Waals surface area contributed by atoms with Crippen molar-refractivity contribution in [3.05, 3.63) is 35.9 Å². The number of benzene rings is 1. The Morgan fingerprint density at radius 2 is 1.87 bits per heavy atom. The molecule has 0 amide bonds. The summed E-state index contributed by atoms with van der Waals surface area (Å²) in [6.07, 6.45) is -1.12. The van der Waals surface area contributed by atoms with Crippen LogP contribution in [0.2, 0.25) is 18.1 Å². The van der Waals surface area contributed by atoms with Crippen LogP contribution in [0.3, 0.4) is 0 Å². The van der Waals surface area contributed by atoms with Crippen molar-refractivity contribution in [1.82, 2.24) is 5.06 Å². The highest BCUT2D eigenvalue weighted by Gasteiger charge is 2.60. The first-order valence-corrected chi connectivity index (χ1v) is 13.4. The van der Waals surface area contributed by atoms with Crippen LogP contribution in [0.15, 0.2) is 30.3 Å². The molecule has 1 aromatic carbocycles. The smallest absolute Gasteiger partial charge is 0.326 e. The Morgan fingerprint density at radius 3 is 2.47 bits per heavy atom. The average molecular weight is 436 g/mol. The van der Waals surface area contributed by atoms with E-state index < -0.39 is 44.4 Å². The Bertz CT molecular complexity index is 763. The highest BCUT2D eigenvalue weighted by molar-refractivity contribution is 6.74. The maximum absolute atomic E-state index is 12.7. The quantitative estimate of drug-likeness (QED) is 0.480. The lowest BCUT2D eigenvalue weighted by molar-refractivity contribution is -0.204. The van der Waals surface area contributed by atoms with Gasteiger partial charge in [-0.25, -0.2) is 0 Å². The molecule has 8 heteroatoms. The van der Waals surface area contributed by atoms with Gasteiger partial charge in [0.25, 0.3) is 0 Å². The van der Waals surface area contributed by atoms with E-state index in [0.717, 1.165) is 5.56 Å². The number of fused-ring (bicyclic) bond motifs is 1. The molecule has 7 nitrogen and oxygen atoms in total. The summed E-state index contributed by atoms with van der Waals surface area (Å²) in [6, 6.07) is 8.86. The first kappa shape index (κ1) is 22.9. The molecular weight excluding hydrogens is 402 g/mol. The van der Waals surface area contributed by atoms with Crippen LogP contribution in [0, 0.1) is 5.92 Å². The number of cyclic esters (lactones) is 1. The highest BCUT2D eigenvalue weighted by atomic mass is 28.4. The van der Waals surface area contributed by atoms with Gasteiger partial charge >= 0.3 is 11.9 Å². The standard InChI is InChI=1S/C22H33NO6Si/c1-7-26-21(25)18-17-19(29-23(18)13-15-11-9-8-10-12-15)16(28-20(17)24)14-27-30(5,6)22(2,3)4/h8-12,16-19H,7,13-14H2,1-6H3/t16-,17-,18-,19-/m1/s1. The molecule has 0 unspecified atom stereocenters. The van der Waals surface area contributed by atoms with Crippen LogP contribution in [0.1, 0.15) is 33.3 Å². The minimum Gasteiger partial charge on any atom is -0.465 e. The summed E-state index contributed by atoms with van der Waals surface area (Å²) in [5.41, 5.74) is 0.981. The topological polar surface area (TPSA) is 74.3 Å². The van der Waals surface area contributed by atoms with Crippen molar-refractivity contribution in [2.45, 2.75) is 70.6 Å². The van der Waals surface area contributed by atoms with Gasteiger partial charge in [-0.2, -0.15) is 5.06 Å². The molecule has 0 aromatic heterocycles. The Labute approximate surface area is 179 Å². The van der Waals surface area contributed by atoms with Gasteiger partial charge in [0.2, 0.25) is 0 Å². The van der Waals surface area contributed by atoms with Gasteiger partial charge in [0, 0.05) is 0 Å². The second kappa shape index (κ2) is 8.78. The fraction of sp³-hybridized carbons (Fsp3) is 0.636. The van der Waals surface area contributed by atoms with Gasteiger partial charge in [0.1, 0.15) is 18.1 Å². The molecule has 0 N–H and O–H groups in total. The van der Waals surface area contributed by atoms with Crippen LogP contribution in [0.4, 0.5) is 0 Å². The first-order chi connectivity index (χ1) is 14.0. The number of carbonyl (C=O) groups is 2. The minimum absolute atomic E-state index is 0.0400. The minimum atomic E-state index is -2.02. The van der Waals surface area contributed by atoms with E-state index in [1.807, 2.05) is 30.3 Å². The maximum atomic E-state index is 12.7. The van der Waals surface area contributed by atoms with E-state index in [4.69, 9.17) is 18.7 Å². The lowest BCUT2D eigenvalue weighted by Gasteiger charge is -2.37. The van der Waals surface area contributed by atoms with E-state index in [9.17, 15) is 9.59 Å². The van der Waals surface area contributed by atoms with Gasteiger partial charge in [-0.15, -0.1) is 0 Å². The predicted molar refractivity (Wildman–Crippen MR) is 114 cm³/mol. The normalized spacial score (nSPS) is 27.1. The third-order valence-corrected chi connectivity index (χ3v) is 10.8. The molecule has 2 aliphatic heterocycles. The largest absolute Gasteiger partial charge is 0.465 e. The summed E-state index contributed by atoms with van der Waals surface area (Å²) >= 11 is 0. The maximum Gasteiger partial charge on any atom is 0.326 e. The second-order valence-corrected chi connectivity index (χ2v) is 14.2. The zero-order valence-corrected chi connectivity index (χ0v) is 19.7. The SMILES string of the molecule is CCOC(=O)[C@H]1[C@H]2C(=O)O[C@H](CO[Si](C)(C)C(C)(C)C)[C@H]2ON1Cc1ccccc1. The van der Waals surface area contributed by atoms with Crippen molar-refractivity contribution in [3.63, 3.8) is 0 Å². The van der Waals surface area contributed by atoms with Gasteiger partial charge < -0.3 is 13.9 Å². The van der Waals surface area contributed by atoms with E-state index in [2.05, 4.69) is 33.9 Å². The van der Waals surface area contributed by atoms with Crippen LogP contribution < -0.4 is 0 Å². The lowest BCUT2D eigenvalue weighted by Crippen LogP contribution is -2.44. The van der Waals surface area contributed by atoms with Crippen LogP contribution in [0.25, 0.3) is 0 Å².